The number of sulfonamides is 1. The Morgan fingerprint density at radius 3 is 2.31 bits per heavy atom. The van der Waals surface area contributed by atoms with Crippen LogP contribution in [0.2, 0.25) is 5.02 Å². The van der Waals surface area contributed by atoms with Crippen molar-refractivity contribution >= 4 is 93.5 Å². The summed E-state index contributed by atoms with van der Waals surface area (Å²) in [6, 6.07) is 1.62. The molecule has 1 aliphatic heterocycles. The fourth-order valence-corrected chi connectivity index (χ4v) is 7.07. The molecule has 3 aromatic heterocycles. The summed E-state index contributed by atoms with van der Waals surface area (Å²) in [5, 5.41) is -1.33. The number of hydrogen-bond acceptors (Lipinski definition) is 6. The van der Waals surface area contributed by atoms with E-state index in [-0.39, 0.29) is 22.1 Å². The molecule has 0 saturated carbocycles. The summed E-state index contributed by atoms with van der Waals surface area (Å²) >= 11 is 7.10. The largest absolute Gasteiger partial charge is 0.252 e. The summed E-state index contributed by atoms with van der Waals surface area (Å²) in [6.45, 7) is 0. The predicted octanol–water partition coefficient (Wildman–Crippen LogP) is -0.995. The summed E-state index contributed by atoms with van der Waals surface area (Å²) in [4.78, 5) is 7.95. The molecule has 14 radical (unpaired) electrons. The van der Waals surface area contributed by atoms with Crippen molar-refractivity contribution in [1.29, 1.82) is 0 Å². The normalized spacial score (nSPS) is 19.9. The maximum Gasteiger partial charge on any atom is 0.252 e. The molecule has 0 N–H and O–H groups in total. The molecule has 1 saturated heterocycles. The van der Waals surface area contributed by atoms with Gasteiger partial charge in [0, 0.05) is 17.3 Å². The van der Waals surface area contributed by atoms with Crippen molar-refractivity contribution in [3.8, 4) is 0 Å². The van der Waals surface area contributed by atoms with Crippen LogP contribution in [-0.2, 0) is 15.1 Å². The molecule has 0 amide bonds. The van der Waals surface area contributed by atoms with E-state index in [1.54, 1.807) is 12.3 Å². The topological polar surface area (TPSA) is 80.5 Å². The molecular weight excluding hydrogens is 457 g/mol. The second kappa shape index (κ2) is 7.72. The van der Waals surface area contributed by atoms with Gasteiger partial charge in [0.2, 0.25) is 0 Å². The molecule has 0 aliphatic carbocycles. The Balaban J connectivity index is 1.73. The Morgan fingerprint density at radius 1 is 1.12 bits per heavy atom. The van der Waals surface area contributed by atoms with Gasteiger partial charge in [0.25, 0.3) is 10.0 Å². The maximum absolute atomic E-state index is 13.4. The van der Waals surface area contributed by atoms with Gasteiger partial charge in [-0.25, -0.2) is 27.2 Å². The SMILES string of the molecule is [B]C([B])([B])c1ncc(S(=O)(=O)N2C([B])([B])CC(c3cn4ncnc4cc3Cl)CC2([B])[B])s1. The Hall–Kier alpha value is -1.10. The Bertz CT molecular complexity index is 1270. The smallest absolute Gasteiger partial charge is 0.250 e. The molecule has 7 nitrogen and oxygen atoms in total. The highest BCUT2D eigenvalue weighted by atomic mass is 35.5. The van der Waals surface area contributed by atoms with E-state index < -0.39 is 31.7 Å². The average molecular weight is 467 g/mol. The zero-order valence-corrected chi connectivity index (χ0v) is 19.0. The first-order valence-electron chi connectivity index (χ1n) is 9.16. The van der Waals surface area contributed by atoms with Crippen molar-refractivity contribution in [2.75, 3.05) is 0 Å². The number of aromatic nitrogens is 4. The molecule has 0 aromatic carbocycles. The molecule has 4 rings (SSSR count). The van der Waals surface area contributed by atoms with Gasteiger partial charge in [-0.2, -0.15) is 5.10 Å². The van der Waals surface area contributed by atoms with Crippen LogP contribution in [0.15, 0.2) is 29.0 Å². The van der Waals surface area contributed by atoms with Crippen LogP contribution in [0.1, 0.15) is 29.3 Å². The number of hydrogen-bond donors (Lipinski definition) is 0. The van der Waals surface area contributed by atoms with E-state index in [1.807, 2.05) is 0 Å². The van der Waals surface area contributed by atoms with E-state index in [0.717, 1.165) is 6.20 Å². The lowest BCUT2D eigenvalue weighted by Gasteiger charge is -2.55. The first kappa shape index (κ1) is 24.0. The first-order valence-corrected chi connectivity index (χ1v) is 11.8. The molecule has 32 heavy (non-hydrogen) atoms. The zero-order chi connectivity index (χ0) is 23.7. The van der Waals surface area contributed by atoms with Gasteiger partial charge in [0.1, 0.15) is 6.33 Å². The summed E-state index contributed by atoms with van der Waals surface area (Å²) in [5.74, 6) is -0.477. The monoisotopic (exact) mass is 467 g/mol. The fraction of sp³-hybridized carbons (Fsp3) is 0.400. The van der Waals surface area contributed by atoms with Gasteiger partial charge in [0.05, 0.1) is 66.1 Å². The molecule has 0 atom stereocenters. The van der Waals surface area contributed by atoms with Crippen molar-refractivity contribution in [3.05, 3.63) is 40.4 Å². The minimum absolute atomic E-state index is 0.0156. The van der Waals surface area contributed by atoms with Gasteiger partial charge >= 0.3 is 0 Å². The third-order valence-electron chi connectivity index (χ3n) is 5.09. The third kappa shape index (κ3) is 4.12. The summed E-state index contributed by atoms with van der Waals surface area (Å²) in [6.07, 6.45) is 4.00. The fourth-order valence-electron chi connectivity index (χ4n) is 3.90. The molecule has 3 aromatic rings. The van der Waals surface area contributed by atoms with Crippen LogP contribution in [-0.4, -0.2) is 97.9 Å². The molecular formula is C15H9B7ClN5O2S2. The predicted molar refractivity (Wildman–Crippen MR) is 129 cm³/mol. The van der Waals surface area contributed by atoms with Gasteiger partial charge in [-0.1, -0.05) is 16.7 Å². The Kier molecular flexibility index (Phi) is 5.80. The van der Waals surface area contributed by atoms with Crippen LogP contribution >= 0.6 is 22.9 Å². The van der Waals surface area contributed by atoms with Gasteiger partial charge in [0.15, 0.2) is 9.86 Å². The van der Waals surface area contributed by atoms with E-state index in [2.05, 4.69) is 15.1 Å². The summed E-state index contributed by atoms with van der Waals surface area (Å²) < 4.78 is 28.8. The van der Waals surface area contributed by atoms with Gasteiger partial charge in [-0.3, -0.25) is 0 Å². The van der Waals surface area contributed by atoms with E-state index >= 15 is 0 Å². The highest BCUT2D eigenvalue weighted by Gasteiger charge is 2.51. The lowest BCUT2D eigenvalue weighted by molar-refractivity contribution is 0.208. The molecule has 0 spiro atoms. The number of fused-ring (bicyclic) bond motifs is 1. The number of halogens is 1. The minimum atomic E-state index is -4.40. The average Bonchev–Trinajstić information content (AvgIpc) is 3.27. The van der Waals surface area contributed by atoms with Crippen LogP contribution in [0.4, 0.5) is 0 Å². The van der Waals surface area contributed by atoms with Gasteiger partial charge in [-0.15, -0.1) is 11.3 Å². The van der Waals surface area contributed by atoms with Crippen molar-refractivity contribution in [2.24, 2.45) is 0 Å². The second-order valence-electron chi connectivity index (χ2n) is 7.91. The van der Waals surface area contributed by atoms with E-state index in [0.29, 0.717) is 31.9 Å². The maximum atomic E-state index is 13.4. The third-order valence-corrected chi connectivity index (χ3v) is 9.03. The molecule has 0 bridgehead atoms. The van der Waals surface area contributed by atoms with Crippen LogP contribution in [0.5, 0.6) is 0 Å². The molecule has 4 heterocycles. The molecule has 0 unspecified atom stereocenters. The molecule has 146 valence electrons. The van der Waals surface area contributed by atoms with Gasteiger partial charge in [-0.05, 0) is 35.0 Å². The summed E-state index contributed by atoms with van der Waals surface area (Å²) in [5.41, 5.74) is 1.13. The van der Waals surface area contributed by atoms with Gasteiger partial charge < -0.3 is 0 Å². The number of rotatable bonds is 4. The second-order valence-corrected chi connectivity index (χ2v) is 11.4. The quantitative estimate of drug-likeness (QED) is 0.461. The zero-order valence-electron chi connectivity index (χ0n) is 16.6. The van der Waals surface area contributed by atoms with Crippen molar-refractivity contribution in [1.82, 2.24) is 23.9 Å². The van der Waals surface area contributed by atoms with Crippen molar-refractivity contribution in [2.45, 2.75) is 38.8 Å². The standard InChI is InChI=1S/C15H9B7ClN5O2S2/c16-13(17)2-7(8-5-27-10(1-9(8)23)25-6-26-27)3-14(18,19)28(13)32(29,30)11-4-24-12(31-11)15(20,21)22/h1,4-7H,2-3H2. The highest BCUT2D eigenvalue weighted by molar-refractivity contribution is 7.91. The van der Waals surface area contributed by atoms with E-state index in [9.17, 15) is 8.42 Å². The summed E-state index contributed by atoms with van der Waals surface area (Å²) in [7, 11) is 37.5. The molecule has 1 aliphatic rings. The molecule has 17 heteroatoms. The first-order chi connectivity index (χ1) is 14.6. The minimum Gasteiger partial charge on any atom is -0.250 e. The van der Waals surface area contributed by atoms with Crippen LogP contribution in [0.3, 0.4) is 0 Å². The number of nitrogens with zero attached hydrogens (tertiary/aromatic N) is 5. The number of thiazole rings is 1. The Morgan fingerprint density at radius 2 is 1.75 bits per heavy atom. The van der Waals surface area contributed by atoms with Crippen LogP contribution < -0.4 is 0 Å². The highest BCUT2D eigenvalue weighted by Crippen LogP contribution is 2.46. The Labute approximate surface area is 204 Å². The molecule has 1 fully saturated rings. The van der Waals surface area contributed by atoms with Crippen LogP contribution in [0, 0.1) is 0 Å². The number of pyridine rings is 1. The number of piperidine rings is 1. The van der Waals surface area contributed by atoms with Crippen molar-refractivity contribution < 1.29 is 8.42 Å². The lowest BCUT2D eigenvalue weighted by atomic mass is 9.43. The van der Waals surface area contributed by atoms with Crippen molar-refractivity contribution in [3.63, 3.8) is 0 Å². The van der Waals surface area contributed by atoms with E-state index in [1.165, 1.54) is 10.8 Å². The van der Waals surface area contributed by atoms with Crippen LogP contribution in [0.25, 0.3) is 5.65 Å². The van der Waals surface area contributed by atoms with E-state index in [4.69, 9.17) is 66.5 Å². The lowest BCUT2D eigenvalue weighted by Crippen LogP contribution is -2.68.